The summed E-state index contributed by atoms with van der Waals surface area (Å²) in [6.07, 6.45) is 3.87. The lowest BCUT2D eigenvalue weighted by atomic mass is 9.79. The molecule has 3 rings (SSSR count). The largest absolute Gasteiger partial charge is 0.320 e. The summed E-state index contributed by atoms with van der Waals surface area (Å²) in [5, 5.41) is 0. The maximum absolute atomic E-state index is 13.7. The van der Waals surface area contributed by atoms with Gasteiger partial charge in [0.25, 0.3) is 0 Å². The van der Waals surface area contributed by atoms with E-state index in [0.717, 1.165) is 11.1 Å². The van der Waals surface area contributed by atoms with E-state index in [1.807, 2.05) is 12.1 Å². The molecule has 0 radical (unpaired) electrons. The Morgan fingerprint density at radius 1 is 1.10 bits per heavy atom. The van der Waals surface area contributed by atoms with E-state index in [1.54, 1.807) is 19.1 Å². The predicted octanol–water partition coefficient (Wildman–Crippen LogP) is 4.45. The highest BCUT2D eigenvalue weighted by molar-refractivity contribution is 5.36. The highest BCUT2D eigenvalue weighted by atomic mass is 19.1. The van der Waals surface area contributed by atoms with Crippen molar-refractivity contribution in [3.05, 3.63) is 70.5 Å². The van der Waals surface area contributed by atoms with Gasteiger partial charge < -0.3 is 5.73 Å². The van der Waals surface area contributed by atoms with Crippen molar-refractivity contribution >= 4 is 0 Å². The first-order valence-electron chi connectivity index (χ1n) is 7.26. The molecule has 0 saturated heterocycles. The van der Waals surface area contributed by atoms with Gasteiger partial charge in [-0.1, -0.05) is 42.8 Å². The summed E-state index contributed by atoms with van der Waals surface area (Å²) >= 11 is 0. The Kier molecular flexibility index (Phi) is 3.58. The van der Waals surface area contributed by atoms with Crippen LogP contribution in [0.1, 0.15) is 53.5 Å². The normalized spacial score (nSPS) is 16.8. The van der Waals surface area contributed by atoms with Gasteiger partial charge in [0.2, 0.25) is 0 Å². The first-order chi connectivity index (χ1) is 9.65. The molecule has 1 aliphatic rings. The van der Waals surface area contributed by atoms with Crippen molar-refractivity contribution in [3.8, 4) is 0 Å². The molecule has 0 aromatic heterocycles. The quantitative estimate of drug-likeness (QED) is 0.875. The van der Waals surface area contributed by atoms with Gasteiger partial charge in [-0.15, -0.1) is 0 Å². The van der Waals surface area contributed by atoms with Crippen LogP contribution >= 0.6 is 0 Å². The van der Waals surface area contributed by atoms with E-state index < -0.39 is 0 Å². The van der Waals surface area contributed by atoms with E-state index in [1.165, 1.54) is 24.8 Å². The number of halogens is 1. The molecule has 0 bridgehead atoms. The van der Waals surface area contributed by atoms with Gasteiger partial charge in [0.05, 0.1) is 6.04 Å². The van der Waals surface area contributed by atoms with Gasteiger partial charge in [0.1, 0.15) is 5.82 Å². The molecule has 2 aromatic carbocycles. The standard InChI is InChI=1S/C18H20FN/c1-12-8-9-16(11-17(12)19)18(20)15-7-3-6-14(10-15)13-4-2-5-13/h3,6-11,13,18H,2,4-5,20H2,1H3. The third kappa shape index (κ3) is 2.48. The Hall–Kier alpha value is -1.67. The van der Waals surface area contributed by atoms with Crippen molar-refractivity contribution in [2.24, 2.45) is 5.73 Å². The number of aryl methyl sites for hydroxylation is 1. The second-order valence-electron chi connectivity index (χ2n) is 5.78. The minimum Gasteiger partial charge on any atom is -0.320 e. The summed E-state index contributed by atoms with van der Waals surface area (Å²) in [4.78, 5) is 0. The third-order valence-corrected chi connectivity index (χ3v) is 4.40. The average molecular weight is 269 g/mol. The van der Waals surface area contributed by atoms with Crippen molar-refractivity contribution in [2.45, 2.75) is 38.1 Å². The molecule has 1 nitrogen and oxygen atoms in total. The molecule has 1 atom stereocenters. The number of hydrogen-bond donors (Lipinski definition) is 1. The summed E-state index contributed by atoms with van der Waals surface area (Å²) in [5.74, 6) is 0.505. The third-order valence-electron chi connectivity index (χ3n) is 4.40. The highest BCUT2D eigenvalue weighted by Gasteiger charge is 2.20. The molecule has 2 N–H and O–H groups in total. The van der Waals surface area contributed by atoms with Crippen LogP contribution in [-0.4, -0.2) is 0 Å². The van der Waals surface area contributed by atoms with Gasteiger partial charge in [-0.2, -0.15) is 0 Å². The van der Waals surface area contributed by atoms with Crippen molar-refractivity contribution < 1.29 is 4.39 Å². The summed E-state index contributed by atoms with van der Waals surface area (Å²) in [7, 11) is 0. The van der Waals surface area contributed by atoms with Crippen molar-refractivity contribution in [1.82, 2.24) is 0 Å². The second-order valence-corrected chi connectivity index (χ2v) is 5.78. The van der Waals surface area contributed by atoms with Crippen LogP contribution in [0.2, 0.25) is 0 Å². The Bertz CT molecular complexity index is 617. The summed E-state index contributed by atoms with van der Waals surface area (Å²) < 4.78 is 13.7. The van der Waals surface area contributed by atoms with E-state index in [4.69, 9.17) is 5.73 Å². The molecule has 0 spiro atoms. The number of benzene rings is 2. The Balaban J connectivity index is 1.89. The molecule has 1 saturated carbocycles. The first-order valence-corrected chi connectivity index (χ1v) is 7.26. The monoisotopic (exact) mass is 269 g/mol. The molecule has 1 unspecified atom stereocenters. The highest BCUT2D eigenvalue weighted by Crippen LogP contribution is 2.37. The molecule has 1 aliphatic carbocycles. The molecule has 104 valence electrons. The van der Waals surface area contributed by atoms with Crippen LogP contribution < -0.4 is 5.73 Å². The van der Waals surface area contributed by atoms with Gasteiger partial charge in [-0.3, -0.25) is 0 Å². The summed E-state index contributed by atoms with van der Waals surface area (Å²) in [6.45, 7) is 1.77. The van der Waals surface area contributed by atoms with E-state index in [0.29, 0.717) is 11.5 Å². The fraction of sp³-hybridized carbons (Fsp3) is 0.333. The zero-order valence-electron chi connectivity index (χ0n) is 11.8. The molecule has 0 heterocycles. The minimum absolute atomic E-state index is 0.187. The van der Waals surface area contributed by atoms with Gasteiger partial charge in [-0.25, -0.2) is 4.39 Å². The van der Waals surface area contributed by atoms with E-state index in [2.05, 4.69) is 18.2 Å². The molecule has 20 heavy (non-hydrogen) atoms. The lowest BCUT2D eigenvalue weighted by Crippen LogP contribution is -2.14. The maximum Gasteiger partial charge on any atom is 0.126 e. The van der Waals surface area contributed by atoms with Crippen LogP contribution in [0.25, 0.3) is 0 Å². The maximum atomic E-state index is 13.7. The number of rotatable bonds is 3. The molecular weight excluding hydrogens is 249 g/mol. The number of nitrogens with two attached hydrogens (primary N) is 1. The summed E-state index contributed by atoms with van der Waals surface area (Å²) in [5.41, 5.74) is 10.2. The van der Waals surface area contributed by atoms with E-state index in [-0.39, 0.29) is 11.9 Å². The predicted molar refractivity (Wildman–Crippen MR) is 80.2 cm³/mol. The minimum atomic E-state index is -0.259. The zero-order valence-corrected chi connectivity index (χ0v) is 11.8. The number of hydrogen-bond acceptors (Lipinski definition) is 1. The molecular formula is C18H20FN. The van der Waals surface area contributed by atoms with E-state index >= 15 is 0 Å². The molecule has 1 fully saturated rings. The van der Waals surface area contributed by atoms with Crippen LogP contribution in [0.4, 0.5) is 4.39 Å². The van der Waals surface area contributed by atoms with Crippen LogP contribution in [0, 0.1) is 12.7 Å². The lowest BCUT2D eigenvalue weighted by Gasteiger charge is -2.26. The lowest BCUT2D eigenvalue weighted by molar-refractivity contribution is 0.419. The average Bonchev–Trinajstić information content (AvgIpc) is 2.39. The zero-order chi connectivity index (χ0) is 14.1. The Labute approximate surface area is 119 Å². The van der Waals surface area contributed by atoms with Crippen molar-refractivity contribution in [3.63, 3.8) is 0 Å². The van der Waals surface area contributed by atoms with Crippen LogP contribution in [0.3, 0.4) is 0 Å². The molecule has 2 aromatic rings. The topological polar surface area (TPSA) is 26.0 Å². The Morgan fingerprint density at radius 2 is 1.85 bits per heavy atom. The Morgan fingerprint density at radius 3 is 2.50 bits per heavy atom. The van der Waals surface area contributed by atoms with E-state index in [9.17, 15) is 4.39 Å². The molecule has 2 heteroatoms. The fourth-order valence-electron chi connectivity index (χ4n) is 2.74. The first kappa shape index (κ1) is 13.3. The van der Waals surface area contributed by atoms with Crippen molar-refractivity contribution in [2.75, 3.05) is 0 Å². The molecule has 0 aliphatic heterocycles. The van der Waals surface area contributed by atoms with Gasteiger partial charge >= 0.3 is 0 Å². The van der Waals surface area contributed by atoms with Crippen LogP contribution in [-0.2, 0) is 0 Å². The SMILES string of the molecule is Cc1ccc(C(N)c2cccc(C3CCC3)c2)cc1F. The van der Waals surface area contributed by atoms with Gasteiger partial charge in [-0.05, 0) is 54.0 Å². The fourth-order valence-corrected chi connectivity index (χ4v) is 2.74. The smallest absolute Gasteiger partial charge is 0.126 e. The van der Waals surface area contributed by atoms with Crippen molar-refractivity contribution in [1.29, 1.82) is 0 Å². The van der Waals surface area contributed by atoms with Gasteiger partial charge in [0, 0.05) is 0 Å². The second kappa shape index (κ2) is 5.37. The summed E-state index contributed by atoms with van der Waals surface area (Å²) in [6, 6.07) is 13.5. The molecule has 0 amide bonds. The van der Waals surface area contributed by atoms with Crippen LogP contribution in [0.5, 0.6) is 0 Å². The van der Waals surface area contributed by atoms with Gasteiger partial charge in [0.15, 0.2) is 0 Å². The van der Waals surface area contributed by atoms with Crippen LogP contribution in [0.15, 0.2) is 42.5 Å².